The summed E-state index contributed by atoms with van der Waals surface area (Å²) in [4.78, 5) is 19.9. The highest BCUT2D eigenvalue weighted by molar-refractivity contribution is 6.32. The number of nitrogens with one attached hydrogen (secondary N) is 1. The van der Waals surface area contributed by atoms with E-state index in [0.717, 1.165) is 0 Å². The van der Waals surface area contributed by atoms with Gasteiger partial charge in [0.05, 0.1) is 18.5 Å². The van der Waals surface area contributed by atoms with Crippen molar-refractivity contribution in [3.8, 4) is 0 Å². The molecular formula is C10H14ClN3O2. The highest BCUT2D eigenvalue weighted by Crippen LogP contribution is 2.22. The van der Waals surface area contributed by atoms with E-state index in [-0.39, 0.29) is 22.8 Å². The Labute approximate surface area is 98.4 Å². The second-order valence-electron chi connectivity index (χ2n) is 4.03. The third-order valence-corrected chi connectivity index (χ3v) is 2.84. The van der Waals surface area contributed by atoms with Gasteiger partial charge >= 0.3 is 0 Å². The van der Waals surface area contributed by atoms with E-state index in [1.165, 1.54) is 6.33 Å². The Morgan fingerprint density at radius 3 is 2.75 bits per heavy atom. The number of halogens is 1. The van der Waals surface area contributed by atoms with Crippen LogP contribution in [0, 0.1) is 0 Å². The molecule has 2 unspecified atom stereocenters. The summed E-state index contributed by atoms with van der Waals surface area (Å²) < 4.78 is 5.61. The smallest absolute Gasteiger partial charge is 0.271 e. The molecule has 1 fully saturated rings. The van der Waals surface area contributed by atoms with E-state index in [9.17, 15) is 4.79 Å². The minimum absolute atomic E-state index is 0.112. The van der Waals surface area contributed by atoms with Gasteiger partial charge in [-0.2, -0.15) is 0 Å². The monoisotopic (exact) mass is 243 g/mol. The molecule has 1 aromatic heterocycles. The van der Waals surface area contributed by atoms with Gasteiger partial charge in [-0.1, -0.05) is 11.6 Å². The third kappa shape index (κ3) is 2.20. The van der Waals surface area contributed by atoms with E-state index in [1.807, 2.05) is 18.7 Å². The first kappa shape index (κ1) is 11.4. The molecule has 1 saturated heterocycles. The summed E-state index contributed by atoms with van der Waals surface area (Å²) in [7, 11) is 0. The Hall–Kier alpha value is -1.07. The van der Waals surface area contributed by atoms with Gasteiger partial charge in [-0.3, -0.25) is 4.79 Å². The lowest BCUT2D eigenvalue weighted by atomic mass is 10.2. The van der Waals surface area contributed by atoms with E-state index in [4.69, 9.17) is 16.3 Å². The van der Waals surface area contributed by atoms with Crippen LogP contribution in [0.3, 0.4) is 0 Å². The van der Waals surface area contributed by atoms with Crippen molar-refractivity contribution in [2.24, 2.45) is 0 Å². The molecule has 16 heavy (non-hydrogen) atoms. The van der Waals surface area contributed by atoms with Crippen LogP contribution in [0.4, 0.5) is 5.82 Å². The number of hydrogen-bond acceptors (Lipinski definition) is 4. The molecule has 88 valence electrons. The first-order valence-electron chi connectivity index (χ1n) is 5.21. The summed E-state index contributed by atoms with van der Waals surface area (Å²) >= 11 is 5.93. The fourth-order valence-corrected chi connectivity index (χ4v) is 2.17. The number of aromatic nitrogens is 2. The van der Waals surface area contributed by atoms with Gasteiger partial charge in [0, 0.05) is 13.1 Å². The van der Waals surface area contributed by atoms with Crippen molar-refractivity contribution in [2.75, 3.05) is 18.0 Å². The van der Waals surface area contributed by atoms with E-state index in [2.05, 4.69) is 9.97 Å². The molecule has 0 aliphatic carbocycles. The molecule has 1 aliphatic heterocycles. The molecule has 6 heteroatoms. The second-order valence-corrected chi connectivity index (χ2v) is 4.41. The number of aromatic amines is 1. The zero-order valence-corrected chi connectivity index (χ0v) is 9.99. The minimum Gasteiger partial charge on any atom is -0.372 e. The van der Waals surface area contributed by atoms with Crippen molar-refractivity contribution in [3.05, 3.63) is 21.7 Å². The quantitative estimate of drug-likeness (QED) is 0.801. The Morgan fingerprint density at radius 1 is 1.50 bits per heavy atom. The maximum absolute atomic E-state index is 11.4. The Bertz CT molecular complexity index is 424. The summed E-state index contributed by atoms with van der Waals surface area (Å²) in [5.41, 5.74) is -0.307. The van der Waals surface area contributed by atoms with Crippen molar-refractivity contribution in [2.45, 2.75) is 26.1 Å². The van der Waals surface area contributed by atoms with Crippen LogP contribution in [0.15, 0.2) is 11.1 Å². The molecule has 1 aliphatic rings. The largest absolute Gasteiger partial charge is 0.372 e. The van der Waals surface area contributed by atoms with Crippen LogP contribution in [0.1, 0.15) is 13.8 Å². The number of anilines is 1. The van der Waals surface area contributed by atoms with E-state index < -0.39 is 0 Å². The summed E-state index contributed by atoms with van der Waals surface area (Å²) in [5, 5.41) is 0.142. The zero-order chi connectivity index (χ0) is 11.7. The van der Waals surface area contributed by atoms with Crippen LogP contribution in [0.2, 0.25) is 5.02 Å². The predicted octanol–water partition coefficient (Wildman–Crippen LogP) is 1.04. The lowest BCUT2D eigenvalue weighted by Gasteiger charge is -2.36. The fraction of sp³-hybridized carbons (Fsp3) is 0.600. The number of hydrogen-bond donors (Lipinski definition) is 1. The maximum Gasteiger partial charge on any atom is 0.271 e. The molecule has 0 aromatic carbocycles. The molecule has 0 amide bonds. The van der Waals surface area contributed by atoms with Crippen LogP contribution in [0.5, 0.6) is 0 Å². The van der Waals surface area contributed by atoms with Gasteiger partial charge in [-0.05, 0) is 13.8 Å². The number of rotatable bonds is 1. The number of H-pyrrole nitrogens is 1. The topological polar surface area (TPSA) is 58.2 Å². The third-order valence-electron chi connectivity index (χ3n) is 2.50. The molecule has 2 rings (SSSR count). The lowest BCUT2D eigenvalue weighted by Crippen LogP contribution is -2.46. The van der Waals surface area contributed by atoms with Crippen molar-refractivity contribution < 1.29 is 4.74 Å². The zero-order valence-electron chi connectivity index (χ0n) is 9.24. The standard InChI is InChI=1S/C10H14ClN3O2/c1-6-3-14(4-7(2)16-6)9-8(11)10(15)13-5-12-9/h5-7H,3-4H2,1-2H3,(H,12,13,15). The lowest BCUT2D eigenvalue weighted by molar-refractivity contribution is -0.00546. The van der Waals surface area contributed by atoms with Crippen LogP contribution in [0.25, 0.3) is 0 Å². The van der Waals surface area contributed by atoms with Crippen molar-refractivity contribution in [3.63, 3.8) is 0 Å². The van der Waals surface area contributed by atoms with Gasteiger partial charge in [0.1, 0.15) is 5.02 Å². The van der Waals surface area contributed by atoms with Gasteiger partial charge in [-0.15, -0.1) is 0 Å². The molecule has 5 nitrogen and oxygen atoms in total. The normalized spacial score (nSPS) is 25.8. The predicted molar refractivity (Wildman–Crippen MR) is 62.1 cm³/mol. The van der Waals surface area contributed by atoms with Gasteiger partial charge in [0.25, 0.3) is 5.56 Å². The summed E-state index contributed by atoms with van der Waals surface area (Å²) in [5.74, 6) is 0.535. The van der Waals surface area contributed by atoms with Crippen LogP contribution >= 0.6 is 11.6 Å². The van der Waals surface area contributed by atoms with E-state index >= 15 is 0 Å². The summed E-state index contributed by atoms with van der Waals surface area (Å²) in [6.07, 6.45) is 1.59. The average Bonchev–Trinajstić information content (AvgIpc) is 2.20. The van der Waals surface area contributed by atoms with E-state index in [0.29, 0.717) is 18.9 Å². The fourth-order valence-electron chi connectivity index (χ4n) is 1.94. The SMILES string of the molecule is CC1CN(c2nc[nH]c(=O)c2Cl)CC(C)O1. The number of nitrogens with zero attached hydrogens (tertiary/aromatic N) is 2. The Balaban J connectivity index is 2.30. The molecule has 0 bridgehead atoms. The molecule has 1 aromatic rings. The molecule has 0 radical (unpaired) electrons. The average molecular weight is 244 g/mol. The van der Waals surface area contributed by atoms with Gasteiger partial charge in [0.15, 0.2) is 5.82 Å². The number of ether oxygens (including phenoxy) is 1. The van der Waals surface area contributed by atoms with Crippen LogP contribution in [-0.2, 0) is 4.74 Å². The highest BCUT2D eigenvalue weighted by Gasteiger charge is 2.25. The molecular weight excluding hydrogens is 230 g/mol. The van der Waals surface area contributed by atoms with Gasteiger partial charge < -0.3 is 14.6 Å². The molecule has 0 spiro atoms. The van der Waals surface area contributed by atoms with Crippen molar-refractivity contribution >= 4 is 17.4 Å². The van der Waals surface area contributed by atoms with E-state index in [1.54, 1.807) is 0 Å². The molecule has 0 saturated carbocycles. The van der Waals surface area contributed by atoms with Crippen LogP contribution < -0.4 is 10.5 Å². The maximum atomic E-state index is 11.4. The number of morpholine rings is 1. The molecule has 2 heterocycles. The first-order valence-corrected chi connectivity index (χ1v) is 5.59. The molecule has 2 atom stereocenters. The Kier molecular flexibility index (Phi) is 3.16. The first-order chi connectivity index (χ1) is 7.58. The summed E-state index contributed by atoms with van der Waals surface area (Å²) in [6, 6.07) is 0. The van der Waals surface area contributed by atoms with Gasteiger partial charge in [0.2, 0.25) is 0 Å². The highest BCUT2D eigenvalue weighted by atomic mass is 35.5. The van der Waals surface area contributed by atoms with Crippen LogP contribution in [-0.4, -0.2) is 35.3 Å². The molecule has 1 N–H and O–H groups in total. The van der Waals surface area contributed by atoms with Crippen molar-refractivity contribution in [1.29, 1.82) is 0 Å². The van der Waals surface area contributed by atoms with Crippen molar-refractivity contribution in [1.82, 2.24) is 9.97 Å². The second kappa shape index (κ2) is 4.43. The van der Waals surface area contributed by atoms with Gasteiger partial charge in [-0.25, -0.2) is 4.98 Å². The summed E-state index contributed by atoms with van der Waals surface area (Å²) in [6.45, 7) is 5.37. The Morgan fingerprint density at radius 2 is 2.12 bits per heavy atom. The minimum atomic E-state index is -0.307.